The molecule has 9 heteroatoms. The van der Waals surface area contributed by atoms with Crippen LogP contribution in [0.5, 0.6) is 0 Å². The van der Waals surface area contributed by atoms with E-state index in [1.807, 2.05) is 16.0 Å². The number of hydrogen-bond acceptors (Lipinski definition) is 7. The summed E-state index contributed by atoms with van der Waals surface area (Å²) >= 11 is 0. The van der Waals surface area contributed by atoms with E-state index in [4.69, 9.17) is 5.73 Å². The Labute approximate surface area is 187 Å². The molecule has 4 aliphatic rings. The maximum atomic E-state index is 13.9. The molecule has 5 rings (SSSR count). The molecule has 0 bridgehead atoms. The Balaban J connectivity index is 1.29. The largest absolute Gasteiger partial charge is 0.342 e. The number of piperidine rings is 2. The number of hydrazine groups is 1. The van der Waals surface area contributed by atoms with Gasteiger partial charge in [-0.15, -0.1) is 0 Å². The number of nitrogens with zero attached hydrogens (tertiary/aromatic N) is 6. The zero-order valence-corrected chi connectivity index (χ0v) is 18.4. The predicted molar refractivity (Wildman–Crippen MR) is 121 cm³/mol. The van der Waals surface area contributed by atoms with E-state index in [1.165, 1.54) is 12.4 Å². The van der Waals surface area contributed by atoms with Crippen molar-refractivity contribution >= 4 is 17.8 Å². The number of hydrogen-bond donors (Lipinski definition) is 1. The Morgan fingerprint density at radius 1 is 1.16 bits per heavy atom. The topological polar surface area (TPSA) is 81.3 Å². The Morgan fingerprint density at radius 3 is 2.66 bits per heavy atom. The minimum Gasteiger partial charge on any atom is -0.342 e. The van der Waals surface area contributed by atoms with Crippen molar-refractivity contribution in [2.75, 3.05) is 38.2 Å². The molecule has 2 fully saturated rings. The van der Waals surface area contributed by atoms with E-state index in [1.54, 1.807) is 23.5 Å². The van der Waals surface area contributed by atoms with Crippen LogP contribution in [-0.4, -0.2) is 71.3 Å². The van der Waals surface area contributed by atoms with Crippen LogP contribution in [0, 0.1) is 5.92 Å². The van der Waals surface area contributed by atoms with Crippen molar-refractivity contribution in [1.82, 2.24) is 19.8 Å². The fourth-order valence-electron chi connectivity index (χ4n) is 5.20. The van der Waals surface area contributed by atoms with Gasteiger partial charge in [-0.25, -0.2) is 14.4 Å². The lowest BCUT2D eigenvalue weighted by Crippen LogP contribution is -2.46. The van der Waals surface area contributed by atoms with Crippen molar-refractivity contribution in [3.63, 3.8) is 0 Å². The number of halogens is 1. The van der Waals surface area contributed by atoms with Gasteiger partial charge in [-0.1, -0.05) is 0 Å². The molecule has 0 saturated carbocycles. The Kier molecular flexibility index (Phi) is 5.69. The Bertz CT molecular complexity index is 961. The predicted octanol–water partition coefficient (Wildman–Crippen LogP) is 2.19. The second kappa shape index (κ2) is 8.63. The summed E-state index contributed by atoms with van der Waals surface area (Å²) in [6, 6.07) is 2.02. The van der Waals surface area contributed by atoms with Crippen LogP contribution in [0.3, 0.4) is 0 Å². The first-order valence-electron chi connectivity index (χ1n) is 11.4. The summed E-state index contributed by atoms with van der Waals surface area (Å²) < 4.78 is 13.9. The van der Waals surface area contributed by atoms with Gasteiger partial charge in [0, 0.05) is 25.2 Å². The third-order valence-corrected chi connectivity index (χ3v) is 7.03. The smallest absolute Gasteiger partial charge is 0.225 e. The van der Waals surface area contributed by atoms with E-state index >= 15 is 0 Å². The van der Waals surface area contributed by atoms with E-state index in [9.17, 15) is 9.18 Å². The number of carbonyl (C=O) groups is 1. The number of aromatic nitrogens is 1. The van der Waals surface area contributed by atoms with Crippen molar-refractivity contribution in [2.45, 2.75) is 37.8 Å². The normalized spacial score (nSPS) is 25.1. The summed E-state index contributed by atoms with van der Waals surface area (Å²) in [7, 11) is 2.11. The van der Waals surface area contributed by atoms with Crippen molar-refractivity contribution in [3.8, 4) is 0 Å². The number of allylic oxidation sites excluding steroid dienone is 1. The van der Waals surface area contributed by atoms with Crippen LogP contribution in [0.25, 0.3) is 0 Å². The Morgan fingerprint density at radius 2 is 1.91 bits per heavy atom. The summed E-state index contributed by atoms with van der Waals surface area (Å²) in [5.74, 6) is 0.939. The molecule has 4 aliphatic heterocycles. The molecule has 1 aromatic heterocycles. The minimum atomic E-state index is -0.460. The molecule has 1 amide bonds. The quantitative estimate of drug-likeness (QED) is 0.778. The molecule has 0 radical (unpaired) electrons. The SMILES string of the molecule is CN1CCC(C(=O)N2CCC(c3ccncc3N3C(N)C=C4N=CC(F)=CN43)CC2)CC1. The van der Waals surface area contributed by atoms with Crippen LogP contribution in [0.4, 0.5) is 10.1 Å². The van der Waals surface area contributed by atoms with Gasteiger partial charge in [0.25, 0.3) is 0 Å². The summed E-state index contributed by atoms with van der Waals surface area (Å²) in [6.07, 6.45) is 11.2. The zero-order chi connectivity index (χ0) is 22.2. The first-order chi connectivity index (χ1) is 15.5. The van der Waals surface area contributed by atoms with E-state index in [-0.39, 0.29) is 11.8 Å². The van der Waals surface area contributed by atoms with Crippen LogP contribution < -0.4 is 10.7 Å². The van der Waals surface area contributed by atoms with Crippen molar-refractivity contribution < 1.29 is 9.18 Å². The van der Waals surface area contributed by atoms with Crippen LogP contribution in [0.15, 0.2) is 47.4 Å². The third kappa shape index (κ3) is 3.91. The summed E-state index contributed by atoms with van der Waals surface area (Å²) in [4.78, 5) is 25.8. The van der Waals surface area contributed by atoms with Gasteiger partial charge in [0.05, 0.1) is 24.3 Å². The molecule has 170 valence electrons. The highest BCUT2D eigenvalue weighted by molar-refractivity contribution is 5.79. The van der Waals surface area contributed by atoms with E-state index in [2.05, 4.69) is 21.9 Å². The number of fused-ring (bicyclic) bond motifs is 1. The van der Waals surface area contributed by atoms with Gasteiger partial charge in [-0.3, -0.25) is 14.8 Å². The third-order valence-electron chi connectivity index (χ3n) is 7.03. The van der Waals surface area contributed by atoms with Crippen molar-refractivity contribution in [3.05, 3.63) is 47.9 Å². The molecule has 1 aromatic rings. The maximum Gasteiger partial charge on any atom is 0.225 e. The molecular weight excluding hydrogens is 409 g/mol. The number of carbonyl (C=O) groups excluding carboxylic acids is 1. The van der Waals surface area contributed by atoms with Crippen LogP contribution in [-0.2, 0) is 4.79 Å². The maximum absolute atomic E-state index is 13.9. The highest BCUT2D eigenvalue weighted by atomic mass is 19.1. The molecule has 0 aromatic carbocycles. The summed E-state index contributed by atoms with van der Waals surface area (Å²) in [5, 5.41) is 3.49. The van der Waals surface area contributed by atoms with Gasteiger partial charge >= 0.3 is 0 Å². The van der Waals surface area contributed by atoms with Crippen LogP contribution in [0.2, 0.25) is 0 Å². The molecule has 8 nitrogen and oxygen atoms in total. The van der Waals surface area contributed by atoms with Crippen molar-refractivity contribution in [1.29, 1.82) is 0 Å². The summed E-state index contributed by atoms with van der Waals surface area (Å²) in [5.41, 5.74) is 8.35. The fraction of sp³-hybridized carbons (Fsp3) is 0.522. The molecule has 0 spiro atoms. The van der Waals surface area contributed by atoms with Crippen molar-refractivity contribution in [2.24, 2.45) is 16.6 Å². The van der Waals surface area contributed by atoms with Crippen LogP contribution >= 0.6 is 0 Å². The number of amides is 1. The number of rotatable bonds is 3. The van der Waals surface area contributed by atoms with Crippen LogP contribution in [0.1, 0.15) is 37.2 Å². The first kappa shape index (κ1) is 21.1. The van der Waals surface area contributed by atoms with E-state index in [0.29, 0.717) is 11.7 Å². The average molecular weight is 440 g/mol. The standard InChI is InChI=1S/C23H30FN7O/c1-28-8-3-17(4-9-28)23(32)29-10-5-16(6-11-29)19-2-7-26-14-20(19)31-21(25)12-22-27-13-18(24)15-30(22)31/h2,7,12-17,21H,3-6,8-11,25H2,1H3. The van der Waals surface area contributed by atoms with Gasteiger partial charge in [0.2, 0.25) is 5.91 Å². The monoisotopic (exact) mass is 439 g/mol. The molecule has 0 aliphatic carbocycles. The second-order valence-electron chi connectivity index (χ2n) is 9.09. The molecule has 32 heavy (non-hydrogen) atoms. The number of aliphatic imine (C=N–C) groups is 1. The van der Waals surface area contributed by atoms with Gasteiger partial charge in [0.15, 0.2) is 11.6 Å². The number of pyridine rings is 1. The molecular formula is C23H30FN7O. The number of likely N-dealkylation sites (tertiary alicyclic amines) is 2. The minimum absolute atomic E-state index is 0.160. The molecule has 1 unspecified atom stereocenters. The van der Waals surface area contributed by atoms with Gasteiger partial charge in [-0.05, 0) is 69.4 Å². The molecule has 2 saturated heterocycles. The van der Waals surface area contributed by atoms with Gasteiger partial charge in [0.1, 0.15) is 6.17 Å². The fourth-order valence-corrected chi connectivity index (χ4v) is 5.20. The zero-order valence-electron chi connectivity index (χ0n) is 18.4. The van der Waals surface area contributed by atoms with E-state index in [0.717, 1.165) is 63.1 Å². The molecule has 1 atom stereocenters. The number of anilines is 1. The highest BCUT2D eigenvalue weighted by Gasteiger charge is 2.35. The lowest BCUT2D eigenvalue weighted by atomic mass is 9.87. The average Bonchev–Trinajstić information content (AvgIpc) is 3.14. The Hall–Kier alpha value is -2.78. The highest BCUT2D eigenvalue weighted by Crippen LogP contribution is 2.39. The lowest BCUT2D eigenvalue weighted by molar-refractivity contribution is -0.138. The van der Waals surface area contributed by atoms with E-state index < -0.39 is 12.0 Å². The lowest BCUT2D eigenvalue weighted by Gasteiger charge is -2.39. The van der Waals surface area contributed by atoms with Gasteiger partial charge < -0.3 is 15.5 Å². The molecule has 5 heterocycles. The molecule has 2 N–H and O–H groups in total. The summed E-state index contributed by atoms with van der Waals surface area (Å²) in [6.45, 7) is 3.51. The number of nitrogens with two attached hydrogens (primary N) is 1. The first-order valence-corrected chi connectivity index (χ1v) is 11.4. The second-order valence-corrected chi connectivity index (χ2v) is 9.09. The van der Waals surface area contributed by atoms with Gasteiger partial charge in [-0.2, -0.15) is 0 Å².